The van der Waals surface area contributed by atoms with Gasteiger partial charge in [0.1, 0.15) is 17.7 Å². The molecule has 0 saturated carbocycles. The van der Waals surface area contributed by atoms with E-state index in [1.54, 1.807) is 18.3 Å². The Morgan fingerprint density at radius 1 is 0.870 bits per heavy atom. The predicted octanol–water partition coefficient (Wildman–Crippen LogP) is 4.43. The van der Waals surface area contributed by atoms with E-state index in [4.69, 9.17) is 0 Å². The lowest BCUT2D eigenvalue weighted by atomic mass is 10.1. The van der Waals surface area contributed by atoms with E-state index in [9.17, 15) is 4.39 Å². The minimum absolute atomic E-state index is 0.198. The van der Waals surface area contributed by atoms with E-state index in [0.717, 1.165) is 16.9 Å². The van der Waals surface area contributed by atoms with Crippen LogP contribution >= 0.6 is 0 Å². The summed E-state index contributed by atoms with van der Waals surface area (Å²) in [4.78, 5) is 4.28. The van der Waals surface area contributed by atoms with Gasteiger partial charge in [-0.15, -0.1) is 0 Å². The van der Waals surface area contributed by atoms with Gasteiger partial charge in [-0.05, 0) is 42.0 Å². The number of hydrogen-bond acceptors (Lipinski definition) is 2. The molecule has 0 radical (unpaired) electrons. The summed E-state index contributed by atoms with van der Waals surface area (Å²) in [5.74, 6) is 6.78. The van der Waals surface area contributed by atoms with E-state index in [0.29, 0.717) is 0 Å². The molecule has 0 aliphatic rings. The van der Waals surface area contributed by atoms with Gasteiger partial charge in [-0.2, -0.15) is 0 Å². The highest BCUT2D eigenvalue weighted by Crippen LogP contribution is 2.17. The Kier molecular flexibility index (Phi) is 4.66. The lowest BCUT2D eigenvalue weighted by molar-refractivity contribution is 0.627. The highest BCUT2D eigenvalue weighted by Gasteiger charge is 2.08. The quantitative estimate of drug-likeness (QED) is 0.724. The number of benzene rings is 2. The van der Waals surface area contributed by atoms with Crippen molar-refractivity contribution in [3.8, 4) is 11.8 Å². The third kappa shape index (κ3) is 4.18. The summed E-state index contributed by atoms with van der Waals surface area (Å²) in [6.07, 6.45) is 1.73. The number of pyridine rings is 1. The average Bonchev–Trinajstić information content (AvgIpc) is 2.61. The average molecular weight is 302 g/mol. The monoisotopic (exact) mass is 302 g/mol. The Balaban J connectivity index is 1.88. The SMILES string of the molecule is Fc1ccc(C#CC(Nc2ccccn2)c2ccccc2)cc1. The zero-order chi connectivity index (χ0) is 15.9. The zero-order valence-electron chi connectivity index (χ0n) is 12.4. The van der Waals surface area contributed by atoms with Crippen molar-refractivity contribution in [2.75, 3.05) is 5.32 Å². The minimum atomic E-state index is -0.262. The highest BCUT2D eigenvalue weighted by molar-refractivity contribution is 5.45. The van der Waals surface area contributed by atoms with E-state index >= 15 is 0 Å². The number of hydrogen-bond donors (Lipinski definition) is 1. The van der Waals surface area contributed by atoms with Gasteiger partial charge >= 0.3 is 0 Å². The van der Waals surface area contributed by atoms with Crippen LogP contribution in [-0.4, -0.2) is 4.98 Å². The maximum absolute atomic E-state index is 13.0. The molecule has 0 fully saturated rings. The van der Waals surface area contributed by atoms with Crippen molar-refractivity contribution < 1.29 is 4.39 Å². The smallest absolute Gasteiger partial charge is 0.127 e. The van der Waals surface area contributed by atoms with Gasteiger partial charge in [0.25, 0.3) is 0 Å². The lowest BCUT2D eigenvalue weighted by Gasteiger charge is -2.14. The molecule has 2 nitrogen and oxygen atoms in total. The molecule has 0 bridgehead atoms. The maximum atomic E-state index is 13.0. The molecule has 1 heterocycles. The number of aromatic nitrogens is 1. The van der Waals surface area contributed by atoms with Gasteiger partial charge in [-0.3, -0.25) is 0 Å². The summed E-state index contributed by atoms with van der Waals surface area (Å²) in [6, 6.07) is 21.6. The fourth-order valence-electron chi connectivity index (χ4n) is 2.13. The molecule has 3 heteroatoms. The topological polar surface area (TPSA) is 24.9 Å². The minimum Gasteiger partial charge on any atom is -0.353 e. The molecule has 2 aromatic carbocycles. The van der Waals surface area contributed by atoms with Crippen LogP contribution in [0.2, 0.25) is 0 Å². The number of anilines is 1. The largest absolute Gasteiger partial charge is 0.353 e. The molecule has 0 spiro atoms. The van der Waals surface area contributed by atoms with E-state index in [-0.39, 0.29) is 11.9 Å². The molecule has 1 unspecified atom stereocenters. The second-order valence-electron chi connectivity index (χ2n) is 4.98. The molecule has 0 aliphatic heterocycles. The first-order chi connectivity index (χ1) is 11.3. The van der Waals surface area contributed by atoms with Crippen molar-refractivity contribution in [3.63, 3.8) is 0 Å². The van der Waals surface area contributed by atoms with Gasteiger partial charge < -0.3 is 5.32 Å². The Hall–Kier alpha value is -3.12. The summed E-state index contributed by atoms with van der Waals surface area (Å²) in [6.45, 7) is 0. The van der Waals surface area contributed by atoms with Crippen LogP contribution in [0.15, 0.2) is 79.0 Å². The number of nitrogens with zero attached hydrogens (tertiary/aromatic N) is 1. The number of halogens is 1. The maximum Gasteiger partial charge on any atom is 0.127 e. The van der Waals surface area contributed by atoms with Crippen LogP contribution in [-0.2, 0) is 0 Å². The molecule has 1 aromatic heterocycles. The van der Waals surface area contributed by atoms with Gasteiger partial charge in [0, 0.05) is 11.8 Å². The van der Waals surface area contributed by atoms with Gasteiger partial charge in [0.05, 0.1) is 0 Å². The number of nitrogens with one attached hydrogen (secondary N) is 1. The van der Waals surface area contributed by atoms with E-state index in [1.807, 2.05) is 48.5 Å². The molecular formula is C20H15FN2. The molecule has 3 aromatic rings. The van der Waals surface area contributed by atoms with Crippen molar-refractivity contribution in [1.29, 1.82) is 0 Å². The molecule has 23 heavy (non-hydrogen) atoms. The Labute approximate surface area is 135 Å². The van der Waals surface area contributed by atoms with E-state index in [2.05, 4.69) is 22.1 Å². The molecule has 3 rings (SSSR count). The number of rotatable bonds is 3. The normalized spacial score (nSPS) is 11.2. The fourth-order valence-corrected chi connectivity index (χ4v) is 2.13. The second-order valence-corrected chi connectivity index (χ2v) is 4.98. The van der Waals surface area contributed by atoms with Crippen LogP contribution in [0, 0.1) is 17.7 Å². The Morgan fingerprint density at radius 2 is 1.61 bits per heavy atom. The molecule has 0 amide bonds. The van der Waals surface area contributed by atoms with Crippen molar-refractivity contribution in [3.05, 3.63) is 95.9 Å². The van der Waals surface area contributed by atoms with Crippen LogP contribution in [0.3, 0.4) is 0 Å². The summed E-state index contributed by atoms with van der Waals surface area (Å²) in [5, 5.41) is 3.32. The Morgan fingerprint density at radius 3 is 2.30 bits per heavy atom. The van der Waals surface area contributed by atoms with Gasteiger partial charge in [0.15, 0.2) is 0 Å². The molecule has 1 N–H and O–H groups in total. The van der Waals surface area contributed by atoms with Crippen LogP contribution < -0.4 is 5.32 Å². The van der Waals surface area contributed by atoms with Crippen molar-refractivity contribution in [1.82, 2.24) is 4.98 Å². The van der Waals surface area contributed by atoms with Crippen LogP contribution in [0.5, 0.6) is 0 Å². The Bertz CT molecular complexity index is 803. The standard InChI is InChI=1S/C20H15FN2/c21-18-12-9-16(10-13-18)11-14-19(17-6-2-1-3-7-17)23-20-8-4-5-15-22-20/h1-10,12-13,15,19H,(H,22,23). The first-order valence-electron chi connectivity index (χ1n) is 7.31. The summed E-state index contributed by atoms with van der Waals surface area (Å²) >= 11 is 0. The van der Waals surface area contributed by atoms with Crippen molar-refractivity contribution in [2.24, 2.45) is 0 Å². The zero-order valence-corrected chi connectivity index (χ0v) is 12.4. The highest BCUT2D eigenvalue weighted by atomic mass is 19.1. The van der Waals surface area contributed by atoms with Gasteiger partial charge in [-0.25, -0.2) is 9.37 Å². The first kappa shape index (κ1) is 14.8. The fraction of sp³-hybridized carbons (Fsp3) is 0.0500. The molecule has 112 valence electrons. The lowest BCUT2D eigenvalue weighted by Crippen LogP contribution is -2.09. The summed E-state index contributed by atoms with van der Waals surface area (Å²) in [5.41, 5.74) is 1.82. The van der Waals surface area contributed by atoms with Crippen molar-refractivity contribution in [2.45, 2.75) is 6.04 Å². The summed E-state index contributed by atoms with van der Waals surface area (Å²) < 4.78 is 13.0. The van der Waals surface area contributed by atoms with Crippen molar-refractivity contribution >= 4 is 5.82 Å². The van der Waals surface area contributed by atoms with E-state index in [1.165, 1.54) is 12.1 Å². The van der Waals surface area contributed by atoms with Crippen LogP contribution in [0.1, 0.15) is 17.2 Å². The van der Waals surface area contributed by atoms with Gasteiger partial charge in [-0.1, -0.05) is 48.2 Å². The van der Waals surface area contributed by atoms with Crippen LogP contribution in [0.4, 0.5) is 10.2 Å². The third-order valence-corrected chi connectivity index (χ3v) is 3.30. The molecular weight excluding hydrogens is 287 g/mol. The molecule has 1 atom stereocenters. The third-order valence-electron chi connectivity index (χ3n) is 3.30. The molecule has 0 saturated heterocycles. The summed E-state index contributed by atoms with van der Waals surface area (Å²) in [7, 11) is 0. The first-order valence-corrected chi connectivity index (χ1v) is 7.31. The molecule has 0 aliphatic carbocycles. The van der Waals surface area contributed by atoms with Crippen LogP contribution in [0.25, 0.3) is 0 Å². The van der Waals surface area contributed by atoms with E-state index < -0.39 is 0 Å². The van der Waals surface area contributed by atoms with Gasteiger partial charge in [0.2, 0.25) is 0 Å². The second kappa shape index (κ2) is 7.24. The predicted molar refractivity (Wildman–Crippen MR) is 90.3 cm³/mol.